The molecule has 1 aliphatic heterocycles. The molecule has 1 saturated heterocycles. The van der Waals surface area contributed by atoms with E-state index in [1.807, 2.05) is 17.0 Å². The molecule has 2 heterocycles. The zero-order valence-corrected chi connectivity index (χ0v) is 12.9. The highest BCUT2D eigenvalue weighted by Gasteiger charge is 2.31. The number of benzene rings is 1. The number of fused-ring (bicyclic) bond motifs is 1. The number of nitrogens with zero attached hydrogens (tertiary/aromatic N) is 1. The molecule has 2 aromatic rings. The zero-order valence-electron chi connectivity index (χ0n) is 12.9. The van der Waals surface area contributed by atoms with E-state index in [0.717, 1.165) is 37.0 Å². The van der Waals surface area contributed by atoms with Crippen LogP contribution in [0.25, 0.3) is 10.9 Å². The fraction of sp³-hybridized carbons (Fsp3) is 0.471. The number of amides is 1. The molecule has 0 saturated carbocycles. The molecule has 3 N–H and O–H groups in total. The zero-order chi connectivity index (χ0) is 15.5. The summed E-state index contributed by atoms with van der Waals surface area (Å²) in [6, 6.07) is 9.82. The van der Waals surface area contributed by atoms with Gasteiger partial charge in [0.05, 0.1) is 12.6 Å². The molecule has 5 nitrogen and oxygen atoms in total. The molecular formula is C17H23N3O2. The number of hydrogen-bond acceptors (Lipinski definition) is 3. The Morgan fingerprint density at radius 3 is 3.05 bits per heavy atom. The Morgan fingerprint density at radius 1 is 1.45 bits per heavy atom. The van der Waals surface area contributed by atoms with E-state index >= 15 is 0 Å². The van der Waals surface area contributed by atoms with E-state index in [0.29, 0.717) is 0 Å². The molecule has 1 aromatic carbocycles. The molecule has 0 radical (unpaired) electrons. The summed E-state index contributed by atoms with van der Waals surface area (Å²) in [6.45, 7) is 1.02. The molecule has 2 unspecified atom stereocenters. The number of rotatable bonds is 4. The summed E-state index contributed by atoms with van der Waals surface area (Å²) in [6.07, 6.45) is 3.13. The van der Waals surface area contributed by atoms with Crippen LogP contribution in [0.1, 0.15) is 31.0 Å². The number of nitrogens with two attached hydrogens (primary N) is 1. The maximum Gasteiger partial charge on any atom is 0.242 e. The van der Waals surface area contributed by atoms with E-state index in [1.54, 1.807) is 7.11 Å². The number of hydrogen-bond donors (Lipinski definition) is 2. The van der Waals surface area contributed by atoms with Crippen LogP contribution in [0.5, 0.6) is 0 Å². The Bertz CT molecular complexity index is 619. The minimum Gasteiger partial charge on any atom is -0.383 e. The average Bonchev–Trinajstić information content (AvgIpc) is 2.98. The number of para-hydroxylation sites is 1. The monoisotopic (exact) mass is 301 g/mol. The lowest BCUT2D eigenvalue weighted by atomic mass is 9.98. The molecular weight excluding hydrogens is 278 g/mol. The van der Waals surface area contributed by atoms with Crippen LogP contribution in [0.4, 0.5) is 0 Å². The van der Waals surface area contributed by atoms with Gasteiger partial charge in [0.1, 0.15) is 6.04 Å². The summed E-state index contributed by atoms with van der Waals surface area (Å²) in [5, 5.41) is 1.18. The van der Waals surface area contributed by atoms with Gasteiger partial charge in [-0.1, -0.05) is 18.2 Å². The van der Waals surface area contributed by atoms with Gasteiger partial charge in [0.15, 0.2) is 0 Å². The van der Waals surface area contributed by atoms with Crippen LogP contribution in [0.2, 0.25) is 0 Å². The topological polar surface area (TPSA) is 71.3 Å². The van der Waals surface area contributed by atoms with Crippen molar-refractivity contribution in [2.24, 2.45) is 5.73 Å². The van der Waals surface area contributed by atoms with E-state index in [1.165, 1.54) is 5.39 Å². The van der Waals surface area contributed by atoms with Crippen LogP contribution < -0.4 is 5.73 Å². The first kappa shape index (κ1) is 15.1. The Hall–Kier alpha value is -1.85. The van der Waals surface area contributed by atoms with E-state index in [2.05, 4.69) is 23.2 Å². The van der Waals surface area contributed by atoms with Gasteiger partial charge in [0.2, 0.25) is 5.91 Å². The van der Waals surface area contributed by atoms with Crippen LogP contribution in [0.15, 0.2) is 30.3 Å². The Morgan fingerprint density at radius 2 is 2.27 bits per heavy atom. The fourth-order valence-electron chi connectivity index (χ4n) is 3.26. The smallest absolute Gasteiger partial charge is 0.242 e. The summed E-state index contributed by atoms with van der Waals surface area (Å²) >= 11 is 0. The minimum atomic E-state index is -0.588. The molecule has 5 heteroatoms. The SMILES string of the molecule is COCC(N)C(=O)N1CCCCC1c1cc2ccccc2[nH]1. The number of piperidine rings is 1. The maximum atomic E-state index is 12.6. The second-order valence-electron chi connectivity index (χ2n) is 5.92. The van der Waals surface area contributed by atoms with Gasteiger partial charge in [-0.15, -0.1) is 0 Å². The Labute approximate surface area is 130 Å². The Kier molecular flexibility index (Phi) is 4.45. The van der Waals surface area contributed by atoms with Crippen molar-refractivity contribution in [1.29, 1.82) is 0 Å². The number of ether oxygens (including phenoxy) is 1. The van der Waals surface area contributed by atoms with Crippen molar-refractivity contribution in [3.8, 4) is 0 Å². The van der Waals surface area contributed by atoms with Crippen LogP contribution in [-0.2, 0) is 9.53 Å². The van der Waals surface area contributed by atoms with Gasteiger partial charge in [-0.2, -0.15) is 0 Å². The maximum absolute atomic E-state index is 12.6. The third kappa shape index (κ3) is 2.87. The van der Waals surface area contributed by atoms with Crippen molar-refractivity contribution in [3.63, 3.8) is 0 Å². The lowest BCUT2D eigenvalue weighted by Crippen LogP contribution is -2.49. The summed E-state index contributed by atoms with van der Waals surface area (Å²) in [4.78, 5) is 18.0. The molecule has 1 amide bonds. The molecule has 118 valence electrons. The lowest BCUT2D eigenvalue weighted by molar-refractivity contribution is -0.137. The summed E-state index contributed by atoms with van der Waals surface area (Å²) in [7, 11) is 1.57. The highest BCUT2D eigenvalue weighted by molar-refractivity contribution is 5.83. The summed E-state index contributed by atoms with van der Waals surface area (Å²) in [5.41, 5.74) is 8.15. The number of aromatic amines is 1. The van der Waals surface area contributed by atoms with E-state index < -0.39 is 6.04 Å². The first-order valence-corrected chi connectivity index (χ1v) is 7.83. The number of carbonyl (C=O) groups is 1. The molecule has 22 heavy (non-hydrogen) atoms. The van der Waals surface area contributed by atoms with Crippen LogP contribution in [0, 0.1) is 0 Å². The molecule has 2 atom stereocenters. The van der Waals surface area contributed by atoms with Crippen LogP contribution in [-0.4, -0.2) is 42.1 Å². The number of carbonyl (C=O) groups excluding carboxylic acids is 1. The fourth-order valence-corrected chi connectivity index (χ4v) is 3.26. The van der Waals surface area contributed by atoms with Gasteiger partial charge in [0, 0.05) is 24.9 Å². The number of nitrogens with one attached hydrogen (secondary N) is 1. The Balaban J connectivity index is 1.87. The largest absolute Gasteiger partial charge is 0.383 e. The van der Waals surface area contributed by atoms with Crippen molar-refractivity contribution >= 4 is 16.8 Å². The van der Waals surface area contributed by atoms with Crippen molar-refractivity contribution in [2.45, 2.75) is 31.3 Å². The van der Waals surface area contributed by atoms with Crippen molar-refractivity contribution in [1.82, 2.24) is 9.88 Å². The van der Waals surface area contributed by atoms with E-state index in [4.69, 9.17) is 10.5 Å². The molecule has 0 bridgehead atoms. The number of aromatic nitrogens is 1. The van der Waals surface area contributed by atoms with Crippen molar-refractivity contribution < 1.29 is 9.53 Å². The highest BCUT2D eigenvalue weighted by atomic mass is 16.5. The number of H-pyrrole nitrogens is 1. The average molecular weight is 301 g/mol. The van der Waals surface area contributed by atoms with E-state index in [9.17, 15) is 4.79 Å². The molecule has 1 aliphatic rings. The van der Waals surface area contributed by atoms with Crippen molar-refractivity contribution in [2.75, 3.05) is 20.3 Å². The molecule has 1 fully saturated rings. The third-order valence-corrected chi connectivity index (χ3v) is 4.36. The van der Waals surface area contributed by atoms with Gasteiger partial charge in [-0.05, 0) is 36.8 Å². The highest BCUT2D eigenvalue weighted by Crippen LogP contribution is 2.32. The normalized spacial score (nSPS) is 20.3. The molecule has 3 rings (SSSR count). The first-order valence-electron chi connectivity index (χ1n) is 7.83. The molecule has 0 aliphatic carbocycles. The third-order valence-electron chi connectivity index (χ3n) is 4.36. The second kappa shape index (κ2) is 6.50. The van der Waals surface area contributed by atoms with Crippen LogP contribution in [0.3, 0.4) is 0 Å². The molecule has 1 aromatic heterocycles. The lowest BCUT2D eigenvalue weighted by Gasteiger charge is -2.36. The van der Waals surface area contributed by atoms with E-state index in [-0.39, 0.29) is 18.6 Å². The predicted molar refractivity (Wildman–Crippen MR) is 86.5 cm³/mol. The number of methoxy groups -OCH3 is 1. The van der Waals surface area contributed by atoms with Crippen molar-refractivity contribution in [3.05, 3.63) is 36.0 Å². The van der Waals surface area contributed by atoms with Gasteiger partial charge < -0.3 is 20.4 Å². The minimum absolute atomic E-state index is 0.0230. The standard InChI is InChI=1S/C17H23N3O2/c1-22-11-13(18)17(21)20-9-5-4-8-16(20)15-10-12-6-2-3-7-14(12)19-15/h2-3,6-7,10,13,16,19H,4-5,8-9,11,18H2,1H3. The van der Waals surface area contributed by atoms with Gasteiger partial charge in [-0.3, -0.25) is 4.79 Å². The first-order chi connectivity index (χ1) is 10.7. The van der Waals surface area contributed by atoms with Gasteiger partial charge in [0.25, 0.3) is 0 Å². The summed E-state index contributed by atoms with van der Waals surface area (Å²) < 4.78 is 5.02. The molecule has 0 spiro atoms. The predicted octanol–water partition coefficient (Wildman–Crippen LogP) is 2.20. The van der Waals surface area contributed by atoms with Gasteiger partial charge >= 0.3 is 0 Å². The van der Waals surface area contributed by atoms with Crippen LogP contribution >= 0.6 is 0 Å². The quantitative estimate of drug-likeness (QED) is 0.909. The second-order valence-corrected chi connectivity index (χ2v) is 5.92. The summed E-state index contributed by atoms with van der Waals surface area (Å²) in [5.74, 6) is -0.0230. The van der Waals surface area contributed by atoms with Gasteiger partial charge in [-0.25, -0.2) is 0 Å². The number of likely N-dealkylation sites (tertiary alicyclic amines) is 1.